The van der Waals surface area contributed by atoms with Crippen molar-refractivity contribution in [2.75, 3.05) is 43.0 Å². The number of anilines is 2. The molecule has 1 heterocycles. The molecule has 0 aromatic heterocycles. The number of nitrogens with one attached hydrogen (secondary N) is 1. The van der Waals surface area contributed by atoms with Crippen LogP contribution in [0.25, 0.3) is 0 Å². The molecular formula is C25H39N3O4. The Morgan fingerprint density at radius 1 is 1.03 bits per heavy atom. The number of carbonyl (C=O) groups excluding carboxylic acids is 3. The Kier molecular flexibility index (Phi) is 9.54. The van der Waals surface area contributed by atoms with Gasteiger partial charge in [0.1, 0.15) is 0 Å². The van der Waals surface area contributed by atoms with Crippen molar-refractivity contribution in [2.24, 2.45) is 11.3 Å². The van der Waals surface area contributed by atoms with Gasteiger partial charge in [-0.2, -0.15) is 0 Å². The van der Waals surface area contributed by atoms with Crippen molar-refractivity contribution in [1.82, 2.24) is 4.90 Å². The Hall–Kier alpha value is -2.57. The zero-order valence-electron chi connectivity index (χ0n) is 20.3. The Bertz CT molecular complexity index is 762. The number of hydrogen-bond acceptors (Lipinski definition) is 5. The van der Waals surface area contributed by atoms with Crippen LogP contribution in [0.4, 0.5) is 11.4 Å². The molecule has 1 aromatic carbocycles. The molecule has 7 heteroatoms. The second kappa shape index (κ2) is 11.9. The van der Waals surface area contributed by atoms with E-state index < -0.39 is 0 Å². The highest BCUT2D eigenvalue weighted by atomic mass is 16.5. The van der Waals surface area contributed by atoms with Gasteiger partial charge in [0.05, 0.1) is 13.0 Å². The summed E-state index contributed by atoms with van der Waals surface area (Å²) in [5.74, 6) is 0.0701. The molecule has 0 radical (unpaired) electrons. The van der Waals surface area contributed by atoms with Crippen LogP contribution >= 0.6 is 0 Å². The van der Waals surface area contributed by atoms with Gasteiger partial charge in [-0.1, -0.05) is 27.7 Å². The lowest BCUT2D eigenvalue weighted by Crippen LogP contribution is -2.49. The standard InChI is InChI=1S/C25H39N3O4/c1-6-32-24(31)12-11-22(29)26-20-7-9-21(10-8-20)27-13-15-28(16-14-27)23(30)17-19(2)18-25(3,4)5/h7-10,19H,6,11-18H2,1-5H3,(H,26,29). The minimum atomic E-state index is -0.362. The first-order valence-corrected chi connectivity index (χ1v) is 11.7. The third-order valence-corrected chi connectivity index (χ3v) is 5.49. The van der Waals surface area contributed by atoms with E-state index in [4.69, 9.17) is 4.74 Å². The average molecular weight is 446 g/mol. The molecule has 0 aliphatic carbocycles. The van der Waals surface area contributed by atoms with Gasteiger partial charge in [-0.3, -0.25) is 14.4 Å². The molecule has 178 valence electrons. The van der Waals surface area contributed by atoms with E-state index in [0.29, 0.717) is 24.6 Å². The highest BCUT2D eigenvalue weighted by molar-refractivity contribution is 5.92. The van der Waals surface area contributed by atoms with Crippen molar-refractivity contribution in [3.05, 3.63) is 24.3 Å². The van der Waals surface area contributed by atoms with Crippen LogP contribution in [0.2, 0.25) is 0 Å². The van der Waals surface area contributed by atoms with Gasteiger partial charge in [0.15, 0.2) is 0 Å². The van der Waals surface area contributed by atoms with Crippen LogP contribution in [0.15, 0.2) is 24.3 Å². The zero-order chi connectivity index (χ0) is 23.7. The predicted molar refractivity (Wildman–Crippen MR) is 128 cm³/mol. The molecule has 2 amide bonds. The van der Waals surface area contributed by atoms with E-state index in [1.807, 2.05) is 29.2 Å². The maximum atomic E-state index is 12.7. The van der Waals surface area contributed by atoms with E-state index in [1.54, 1.807) is 6.92 Å². The smallest absolute Gasteiger partial charge is 0.306 e. The molecule has 1 unspecified atom stereocenters. The quantitative estimate of drug-likeness (QED) is 0.580. The summed E-state index contributed by atoms with van der Waals surface area (Å²) in [5, 5.41) is 2.81. The minimum absolute atomic E-state index is 0.0791. The van der Waals surface area contributed by atoms with Crippen LogP contribution in [0, 0.1) is 11.3 Å². The van der Waals surface area contributed by atoms with E-state index in [9.17, 15) is 14.4 Å². The summed E-state index contributed by atoms with van der Waals surface area (Å²) < 4.78 is 4.84. The number of nitrogens with zero attached hydrogens (tertiary/aromatic N) is 2. The van der Waals surface area contributed by atoms with Crippen LogP contribution in [-0.4, -0.2) is 55.5 Å². The van der Waals surface area contributed by atoms with Crippen molar-refractivity contribution in [3.63, 3.8) is 0 Å². The predicted octanol–water partition coefficient (Wildman–Crippen LogP) is 4.08. The van der Waals surface area contributed by atoms with Gasteiger partial charge < -0.3 is 19.9 Å². The van der Waals surface area contributed by atoms with Crippen LogP contribution < -0.4 is 10.2 Å². The molecule has 1 N–H and O–H groups in total. The molecule has 0 bridgehead atoms. The summed E-state index contributed by atoms with van der Waals surface area (Å²) in [6.07, 6.45) is 1.84. The number of carbonyl (C=O) groups is 3. The van der Waals surface area contributed by atoms with Crippen molar-refractivity contribution in [3.8, 4) is 0 Å². The highest BCUT2D eigenvalue weighted by Gasteiger charge is 2.24. The van der Waals surface area contributed by atoms with Gasteiger partial charge in [0.25, 0.3) is 0 Å². The summed E-state index contributed by atoms with van der Waals surface area (Å²) in [6.45, 7) is 13.9. The van der Waals surface area contributed by atoms with Gasteiger partial charge in [-0.15, -0.1) is 0 Å². The lowest BCUT2D eigenvalue weighted by Gasteiger charge is -2.37. The van der Waals surface area contributed by atoms with Crippen molar-refractivity contribution in [1.29, 1.82) is 0 Å². The van der Waals surface area contributed by atoms with Gasteiger partial charge in [-0.05, 0) is 48.9 Å². The Morgan fingerprint density at radius 2 is 1.66 bits per heavy atom. The molecule has 1 aromatic rings. The molecule has 0 spiro atoms. The normalized spacial score (nSPS) is 15.3. The number of piperazine rings is 1. The topological polar surface area (TPSA) is 79.0 Å². The summed E-state index contributed by atoms with van der Waals surface area (Å²) in [6, 6.07) is 7.68. The third-order valence-electron chi connectivity index (χ3n) is 5.49. The van der Waals surface area contributed by atoms with E-state index in [-0.39, 0.29) is 36.0 Å². The Morgan fingerprint density at radius 3 is 2.22 bits per heavy atom. The fourth-order valence-electron chi connectivity index (χ4n) is 4.19. The lowest BCUT2D eigenvalue weighted by atomic mass is 9.84. The maximum absolute atomic E-state index is 12.7. The SMILES string of the molecule is CCOC(=O)CCC(=O)Nc1ccc(N2CCN(C(=O)CC(C)CC(C)(C)C)CC2)cc1. The van der Waals surface area contributed by atoms with Crippen LogP contribution in [0.1, 0.15) is 60.3 Å². The van der Waals surface area contributed by atoms with E-state index in [1.165, 1.54) is 0 Å². The van der Waals surface area contributed by atoms with Crippen LogP contribution in [0.3, 0.4) is 0 Å². The van der Waals surface area contributed by atoms with Gasteiger partial charge >= 0.3 is 5.97 Å². The molecule has 0 saturated carbocycles. The average Bonchev–Trinajstić information content (AvgIpc) is 2.72. The van der Waals surface area contributed by atoms with Crippen LogP contribution in [-0.2, 0) is 19.1 Å². The Balaban J connectivity index is 1.77. The number of ether oxygens (including phenoxy) is 1. The first-order valence-electron chi connectivity index (χ1n) is 11.7. The molecule has 32 heavy (non-hydrogen) atoms. The molecule has 1 atom stereocenters. The first kappa shape index (κ1) is 25.7. The van der Waals surface area contributed by atoms with Gasteiger partial charge in [0, 0.05) is 50.4 Å². The lowest BCUT2D eigenvalue weighted by molar-refractivity contribution is -0.144. The highest BCUT2D eigenvalue weighted by Crippen LogP contribution is 2.27. The zero-order valence-corrected chi connectivity index (χ0v) is 20.3. The summed E-state index contributed by atoms with van der Waals surface area (Å²) >= 11 is 0. The fraction of sp³-hybridized carbons (Fsp3) is 0.640. The fourth-order valence-corrected chi connectivity index (χ4v) is 4.19. The number of benzene rings is 1. The molecule has 1 fully saturated rings. The third kappa shape index (κ3) is 8.89. The monoisotopic (exact) mass is 445 g/mol. The number of amides is 2. The molecule has 1 aliphatic rings. The van der Waals surface area contributed by atoms with Gasteiger partial charge in [-0.25, -0.2) is 0 Å². The van der Waals surface area contributed by atoms with Crippen molar-refractivity contribution >= 4 is 29.2 Å². The number of rotatable bonds is 9. The molecule has 1 aliphatic heterocycles. The number of hydrogen-bond donors (Lipinski definition) is 1. The van der Waals surface area contributed by atoms with Gasteiger partial charge in [0.2, 0.25) is 11.8 Å². The van der Waals surface area contributed by atoms with E-state index in [2.05, 4.69) is 37.9 Å². The molecule has 2 rings (SSSR count). The molecule has 1 saturated heterocycles. The molecule has 7 nitrogen and oxygen atoms in total. The summed E-state index contributed by atoms with van der Waals surface area (Å²) in [4.78, 5) is 40.2. The van der Waals surface area contributed by atoms with E-state index >= 15 is 0 Å². The number of esters is 1. The van der Waals surface area contributed by atoms with Crippen molar-refractivity contribution in [2.45, 2.75) is 60.3 Å². The largest absolute Gasteiger partial charge is 0.466 e. The molecular weight excluding hydrogens is 406 g/mol. The van der Waals surface area contributed by atoms with E-state index in [0.717, 1.165) is 38.3 Å². The summed E-state index contributed by atoms with van der Waals surface area (Å²) in [5.41, 5.74) is 2.01. The van der Waals surface area contributed by atoms with Crippen LogP contribution in [0.5, 0.6) is 0 Å². The van der Waals surface area contributed by atoms with Crippen molar-refractivity contribution < 1.29 is 19.1 Å². The first-order chi connectivity index (χ1) is 15.1. The Labute approximate surface area is 192 Å². The summed E-state index contributed by atoms with van der Waals surface area (Å²) in [7, 11) is 0. The second-order valence-corrected chi connectivity index (χ2v) is 9.84. The minimum Gasteiger partial charge on any atom is -0.466 e. The maximum Gasteiger partial charge on any atom is 0.306 e. The second-order valence-electron chi connectivity index (χ2n) is 9.84.